The van der Waals surface area contributed by atoms with Gasteiger partial charge in [0, 0.05) is 24.3 Å². The molecule has 2 rings (SSSR count). The molecule has 1 heterocycles. The number of rotatable bonds is 3. The van der Waals surface area contributed by atoms with Crippen molar-refractivity contribution < 1.29 is 14.3 Å². The van der Waals surface area contributed by atoms with Gasteiger partial charge in [-0.15, -0.1) is 0 Å². The van der Waals surface area contributed by atoms with Gasteiger partial charge in [0.25, 0.3) is 5.91 Å². The Kier molecular flexibility index (Phi) is 4.61. The average Bonchev–Trinajstić information content (AvgIpc) is 2.47. The molecule has 20 heavy (non-hydrogen) atoms. The van der Waals surface area contributed by atoms with Crippen molar-refractivity contribution in [2.24, 2.45) is 5.92 Å². The minimum Gasteiger partial charge on any atom is -0.466 e. The Morgan fingerprint density at radius 1 is 1.45 bits per heavy atom. The molecular formula is C15H20N2O3. The van der Waals surface area contributed by atoms with Crippen LogP contribution < -0.4 is 5.73 Å². The molecule has 0 saturated carbocycles. The minimum atomic E-state index is -0.214. The molecule has 2 N–H and O–H groups in total. The molecule has 0 radical (unpaired) electrons. The van der Waals surface area contributed by atoms with E-state index in [4.69, 9.17) is 10.5 Å². The van der Waals surface area contributed by atoms with Crippen molar-refractivity contribution in [1.29, 1.82) is 0 Å². The van der Waals surface area contributed by atoms with Crippen molar-refractivity contribution in [3.8, 4) is 0 Å². The molecule has 1 aromatic rings. The van der Waals surface area contributed by atoms with Gasteiger partial charge in [0.2, 0.25) is 0 Å². The van der Waals surface area contributed by atoms with Crippen LogP contribution >= 0.6 is 0 Å². The number of nitrogens with two attached hydrogens (primary N) is 1. The normalized spacial score (nSPS) is 18.6. The molecule has 1 aliphatic heterocycles. The van der Waals surface area contributed by atoms with E-state index >= 15 is 0 Å². The van der Waals surface area contributed by atoms with Crippen molar-refractivity contribution in [2.45, 2.75) is 19.8 Å². The van der Waals surface area contributed by atoms with Gasteiger partial charge in [-0.05, 0) is 38.0 Å². The number of anilines is 1. The molecule has 0 spiro atoms. The summed E-state index contributed by atoms with van der Waals surface area (Å²) < 4.78 is 5.04. The summed E-state index contributed by atoms with van der Waals surface area (Å²) >= 11 is 0. The first kappa shape index (κ1) is 14.4. The summed E-state index contributed by atoms with van der Waals surface area (Å²) in [5.74, 6) is -0.502. The van der Waals surface area contributed by atoms with Crippen LogP contribution in [0.15, 0.2) is 24.3 Å². The van der Waals surface area contributed by atoms with E-state index < -0.39 is 0 Å². The van der Waals surface area contributed by atoms with Crippen molar-refractivity contribution in [3.05, 3.63) is 29.8 Å². The number of hydrogen-bond acceptors (Lipinski definition) is 4. The fourth-order valence-corrected chi connectivity index (χ4v) is 2.47. The van der Waals surface area contributed by atoms with Crippen LogP contribution in [-0.2, 0) is 9.53 Å². The predicted octanol–water partition coefficient (Wildman–Crippen LogP) is 1.68. The van der Waals surface area contributed by atoms with Gasteiger partial charge < -0.3 is 15.4 Å². The second-order valence-electron chi connectivity index (χ2n) is 4.97. The summed E-state index contributed by atoms with van der Waals surface area (Å²) in [5, 5.41) is 0. The van der Waals surface area contributed by atoms with Gasteiger partial charge >= 0.3 is 5.97 Å². The molecule has 0 bridgehead atoms. The molecule has 1 aliphatic rings. The average molecular weight is 276 g/mol. The number of amides is 1. The smallest absolute Gasteiger partial charge is 0.310 e. The number of carbonyl (C=O) groups excluding carboxylic acids is 2. The topological polar surface area (TPSA) is 72.6 Å². The number of esters is 1. The largest absolute Gasteiger partial charge is 0.466 e. The van der Waals surface area contributed by atoms with Crippen LogP contribution in [0.25, 0.3) is 0 Å². The van der Waals surface area contributed by atoms with Gasteiger partial charge in [-0.3, -0.25) is 9.59 Å². The summed E-state index contributed by atoms with van der Waals surface area (Å²) in [6.07, 6.45) is 1.59. The highest BCUT2D eigenvalue weighted by Gasteiger charge is 2.29. The molecule has 1 atom stereocenters. The van der Waals surface area contributed by atoms with Crippen LogP contribution in [0.1, 0.15) is 30.1 Å². The van der Waals surface area contributed by atoms with Crippen molar-refractivity contribution in [1.82, 2.24) is 4.90 Å². The lowest BCUT2D eigenvalue weighted by Crippen LogP contribution is -2.42. The maximum atomic E-state index is 12.4. The monoisotopic (exact) mass is 276 g/mol. The summed E-state index contributed by atoms with van der Waals surface area (Å²) in [4.78, 5) is 25.9. The number of carbonyl (C=O) groups is 2. The van der Waals surface area contributed by atoms with Crippen LogP contribution in [0, 0.1) is 5.92 Å². The Morgan fingerprint density at radius 2 is 2.25 bits per heavy atom. The van der Waals surface area contributed by atoms with Gasteiger partial charge in [-0.25, -0.2) is 0 Å². The Bertz CT molecular complexity index is 502. The van der Waals surface area contributed by atoms with E-state index in [1.54, 1.807) is 36.1 Å². The highest BCUT2D eigenvalue weighted by atomic mass is 16.5. The molecule has 1 amide bonds. The van der Waals surface area contributed by atoms with Crippen LogP contribution in [0.4, 0.5) is 5.69 Å². The fraction of sp³-hybridized carbons (Fsp3) is 0.467. The predicted molar refractivity (Wildman–Crippen MR) is 76.1 cm³/mol. The summed E-state index contributed by atoms with van der Waals surface area (Å²) in [7, 11) is 0. The van der Waals surface area contributed by atoms with Gasteiger partial charge in [0.15, 0.2) is 0 Å². The molecule has 0 aromatic heterocycles. The number of hydrogen-bond donors (Lipinski definition) is 1. The Morgan fingerprint density at radius 3 is 2.95 bits per heavy atom. The van der Waals surface area contributed by atoms with Crippen LogP contribution in [0.5, 0.6) is 0 Å². The van der Waals surface area contributed by atoms with Crippen molar-refractivity contribution >= 4 is 17.6 Å². The van der Waals surface area contributed by atoms with Gasteiger partial charge in [-0.1, -0.05) is 6.07 Å². The maximum absolute atomic E-state index is 12.4. The first-order valence-electron chi connectivity index (χ1n) is 6.93. The second-order valence-corrected chi connectivity index (χ2v) is 4.97. The fourth-order valence-electron chi connectivity index (χ4n) is 2.47. The van der Waals surface area contributed by atoms with Gasteiger partial charge in [0.1, 0.15) is 0 Å². The number of likely N-dealkylation sites (tertiary alicyclic amines) is 1. The third kappa shape index (κ3) is 3.29. The lowest BCUT2D eigenvalue weighted by molar-refractivity contribution is -0.149. The molecule has 5 heteroatoms. The Labute approximate surface area is 118 Å². The first-order valence-corrected chi connectivity index (χ1v) is 6.93. The zero-order chi connectivity index (χ0) is 14.5. The van der Waals surface area contributed by atoms with E-state index in [2.05, 4.69) is 0 Å². The van der Waals surface area contributed by atoms with E-state index in [1.807, 2.05) is 0 Å². The summed E-state index contributed by atoms with van der Waals surface area (Å²) in [5.41, 5.74) is 6.83. The minimum absolute atomic E-state index is 0.0775. The third-order valence-electron chi connectivity index (χ3n) is 3.46. The van der Waals surface area contributed by atoms with E-state index in [0.717, 1.165) is 12.8 Å². The molecule has 5 nitrogen and oxygen atoms in total. The number of nitrogen functional groups attached to an aromatic ring is 1. The van der Waals surface area contributed by atoms with Gasteiger partial charge in [-0.2, -0.15) is 0 Å². The lowest BCUT2D eigenvalue weighted by atomic mass is 9.97. The van der Waals surface area contributed by atoms with E-state index in [1.165, 1.54) is 0 Å². The molecule has 1 fully saturated rings. The quantitative estimate of drug-likeness (QED) is 0.673. The molecule has 1 aromatic carbocycles. The van der Waals surface area contributed by atoms with E-state index in [-0.39, 0.29) is 17.8 Å². The molecule has 1 saturated heterocycles. The standard InChI is InChI=1S/C15H20N2O3/c1-2-20-15(19)12-6-4-8-17(10-12)14(18)11-5-3-7-13(16)9-11/h3,5,7,9,12H,2,4,6,8,10,16H2,1H3. The first-order chi connectivity index (χ1) is 9.61. The zero-order valence-electron chi connectivity index (χ0n) is 11.7. The second kappa shape index (κ2) is 6.41. The third-order valence-corrected chi connectivity index (χ3v) is 3.46. The van der Waals surface area contributed by atoms with Crippen LogP contribution in [-0.4, -0.2) is 36.5 Å². The maximum Gasteiger partial charge on any atom is 0.310 e. The highest BCUT2D eigenvalue weighted by Crippen LogP contribution is 2.20. The number of benzene rings is 1. The summed E-state index contributed by atoms with van der Waals surface area (Å²) in [6.45, 7) is 3.25. The van der Waals surface area contributed by atoms with E-state index in [0.29, 0.717) is 30.9 Å². The van der Waals surface area contributed by atoms with Crippen LogP contribution in [0.3, 0.4) is 0 Å². The van der Waals surface area contributed by atoms with Crippen molar-refractivity contribution in [3.63, 3.8) is 0 Å². The van der Waals surface area contributed by atoms with E-state index in [9.17, 15) is 9.59 Å². The Hall–Kier alpha value is -2.04. The number of nitrogens with zero attached hydrogens (tertiary/aromatic N) is 1. The van der Waals surface area contributed by atoms with Crippen LogP contribution in [0.2, 0.25) is 0 Å². The molecule has 1 unspecified atom stereocenters. The lowest BCUT2D eigenvalue weighted by Gasteiger charge is -2.31. The Balaban J connectivity index is 2.05. The van der Waals surface area contributed by atoms with Gasteiger partial charge in [0.05, 0.1) is 12.5 Å². The summed E-state index contributed by atoms with van der Waals surface area (Å²) in [6, 6.07) is 6.91. The van der Waals surface area contributed by atoms with Crippen molar-refractivity contribution in [2.75, 3.05) is 25.4 Å². The highest BCUT2D eigenvalue weighted by molar-refractivity contribution is 5.95. The molecule has 108 valence electrons. The number of piperidine rings is 1. The molecular weight excluding hydrogens is 256 g/mol. The zero-order valence-corrected chi connectivity index (χ0v) is 11.7. The SMILES string of the molecule is CCOC(=O)C1CCCN(C(=O)c2cccc(N)c2)C1. The number of ether oxygens (including phenoxy) is 1. The molecule has 0 aliphatic carbocycles.